The topological polar surface area (TPSA) is 71.0 Å². The number of aromatic nitrogens is 3. The predicted molar refractivity (Wildman–Crippen MR) is 85.9 cm³/mol. The summed E-state index contributed by atoms with van der Waals surface area (Å²) in [5.74, 6) is 1.11. The van der Waals surface area contributed by atoms with Crippen LogP contribution in [-0.2, 0) is 4.79 Å². The van der Waals surface area contributed by atoms with E-state index in [-0.39, 0.29) is 17.4 Å². The fraction of sp³-hybridized carbons (Fsp3) is 0.412. The standard InChI is InChI=1S/C17H19N5O/c23-15-11-14(13-3-1-6-18-12-13)17(21-15)4-9-22(10-5-17)16-19-7-2-8-20-16/h1-3,6-8,12,14H,4-5,9-11H2,(H,21,23)/t14-/m0/s1. The van der Waals surface area contributed by atoms with Crippen LogP contribution in [0.2, 0.25) is 0 Å². The van der Waals surface area contributed by atoms with Crippen LogP contribution in [0.5, 0.6) is 0 Å². The van der Waals surface area contributed by atoms with E-state index < -0.39 is 0 Å². The van der Waals surface area contributed by atoms with Crippen LogP contribution in [0.3, 0.4) is 0 Å². The molecule has 1 N–H and O–H groups in total. The summed E-state index contributed by atoms with van der Waals surface area (Å²) < 4.78 is 0. The lowest BCUT2D eigenvalue weighted by atomic mass is 9.75. The second-order valence-corrected chi connectivity index (χ2v) is 6.28. The zero-order valence-electron chi connectivity index (χ0n) is 12.9. The van der Waals surface area contributed by atoms with Gasteiger partial charge in [-0.15, -0.1) is 0 Å². The Bertz CT molecular complexity index is 683. The smallest absolute Gasteiger partial charge is 0.225 e. The molecule has 0 unspecified atom stereocenters. The first-order valence-corrected chi connectivity index (χ1v) is 8.00. The molecule has 1 amide bonds. The summed E-state index contributed by atoms with van der Waals surface area (Å²) in [6.45, 7) is 1.70. The number of pyridine rings is 1. The monoisotopic (exact) mass is 309 g/mol. The highest BCUT2D eigenvalue weighted by atomic mass is 16.2. The minimum Gasteiger partial charge on any atom is -0.350 e. The minimum absolute atomic E-state index is 0.142. The van der Waals surface area contributed by atoms with Crippen LogP contribution in [0.4, 0.5) is 5.95 Å². The van der Waals surface area contributed by atoms with Gasteiger partial charge in [0.1, 0.15) is 0 Å². The van der Waals surface area contributed by atoms with Crippen molar-refractivity contribution < 1.29 is 4.79 Å². The van der Waals surface area contributed by atoms with Gasteiger partial charge in [-0.2, -0.15) is 0 Å². The van der Waals surface area contributed by atoms with Crippen LogP contribution in [-0.4, -0.2) is 39.5 Å². The van der Waals surface area contributed by atoms with Gasteiger partial charge in [-0.25, -0.2) is 9.97 Å². The molecule has 2 aliphatic heterocycles. The maximum absolute atomic E-state index is 12.1. The summed E-state index contributed by atoms with van der Waals surface area (Å²) in [5.41, 5.74) is 0.987. The lowest BCUT2D eigenvalue weighted by Gasteiger charge is -2.42. The summed E-state index contributed by atoms with van der Waals surface area (Å²) in [4.78, 5) is 27.2. The number of carbonyl (C=O) groups is 1. The first-order chi connectivity index (χ1) is 11.3. The zero-order valence-corrected chi connectivity index (χ0v) is 12.9. The van der Waals surface area contributed by atoms with Gasteiger partial charge in [-0.1, -0.05) is 6.07 Å². The second-order valence-electron chi connectivity index (χ2n) is 6.28. The maximum Gasteiger partial charge on any atom is 0.225 e. The van der Waals surface area contributed by atoms with Gasteiger partial charge in [0.2, 0.25) is 11.9 Å². The van der Waals surface area contributed by atoms with Crippen LogP contribution >= 0.6 is 0 Å². The Hall–Kier alpha value is -2.50. The van der Waals surface area contributed by atoms with E-state index in [0.717, 1.165) is 37.4 Å². The lowest BCUT2D eigenvalue weighted by Crippen LogP contribution is -2.53. The SMILES string of the molecule is O=C1C[C@@H](c2cccnc2)C2(CCN(c3ncccn3)CC2)N1. The van der Waals surface area contributed by atoms with Gasteiger partial charge in [0, 0.05) is 50.2 Å². The third-order valence-electron chi connectivity index (χ3n) is 5.02. The van der Waals surface area contributed by atoms with E-state index in [1.54, 1.807) is 18.6 Å². The van der Waals surface area contributed by atoms with Gasteiger partial charge in [0.15, 0.2) is 0 Å². The number of nitrogens with one attached hydrogen (secondary N) is 1. The highest BCUT2D eigenvalue weighted by Gasteiger charge is 2.48. The number of hydrogen-bond acceptors (Lipinski definition) is 5. The Morgan fingerprint density at radius 3 is 2.61 bits per heavy atom. The molecule has 0 radical (unpaired) electrons. The van der Waals surface area contributed by atoms with Crippen LogP contribution in [0, 0.1) is 0 Å². The molecule has 6 nitrogen and oxygen atoms in total. The third kappa shape index (κ3) is 2.54. The molecular weight excluding hydrogens is 290 g/mol. The first-order valence-electron chi connectivity index (χ1n) is 8.00. The van der Waals surface area contributed by atoms with Crippen LogP contribution in [0.15, 0.2) is 43.0 Å². The Balaban J connectivity index is 1.56. The summed E-state index contributed by atoms with van der Waals surface area (Å²) in [6, 6.07) is 5.84. The van der Waals surface area contributed by atoms with Crippen molar-refractivity contribution in [2.24, 2.45) is 0 Å². The molecule has 1 spiro atoms. The Kier molecular flexibility index (Phi) is 3.44. The molecule has 2 saturated heterocycles. The number of anilines is 1. The third-order valence-corrected chi connectivity index (χ3v) is 5.02. The van der Waals surface area contributed by atoms with Crippen molar-refractivity contribution in [1.82, 2.24) is 20.3 Å². The van der Waals surface area contributed by atoms with Crippen molar-refractivity contribution in [3.8, 4) is 0 Å². The molecule has 2 aromatic heterocycles. The summed E-state index contributed by atoms with van der Waals surface area (Å²) in [7, 11) is 0. The predicted octanol–water partition coefficient (Wildman–Crippen LogP) is 1.51. The molecule has 0 saturated carbocycles. The fourth-order valence-electron chi connectivity index (χ4n) is 3.85. The van der Waals surface area contributed by atoms with Gasteiger partial charge in [-0.05, 0) is 30.5 Å². The van der Waals surface area contributed by atoms with E-state index in [1.165, 1.54) is 0 Å². The number of rotatable bonds is 2. The molecule has 1 atom stereocenters. The molecule has 2 aromatic rings. The quantitative estimate of drug-likeness (QED) is 0.910. The lowest BCUT2D eigenvalue weighted by molar-refractivity contribution is -0.119. The van der Waals surface area contributed by atoms with Crippen molar-refractivity contribution in [2.75, 3.05) is 18.0 Å². The second kappa shape index (κ2) is 5.61. The number of hydrogen-bond donors (Lipinski definition) is 1. The number of carbonyl (C=O) groups excluding carboxylic acids is 1. The van der Waals surface area contributed by atoms with E-state index >= 15 is 0 Å². The molecule has 6 heteroatoms. The van der Waals surface area contributed by atoms with Gasteiger partial charge in [0.25, 0.3) is 0 Å². The van der Waals surface area contributed by atoms with Crippen molar-refractivity contribution >= 4 is 11.9 Å². The molecule has 118 valence electrons. The Morgan fingerprint density at radius 2 is 1.91 bits per heavy atom. The Labute approximate surface area is 135 Å². The fourth-order valence-corrected chi connectivity index (χ4v) is 3.85. The van der Waals surface area contributed by atoms with Gasteiger partial charge < -0.3 is 10.2 Å². The normalized spacial score (nSPS) is 23.0. The van der Waals surface area contributed by atoms with Crippen molar-refractivity contribution in [3.63, 3.8) is 0 Å². The van der Waals surface area contributed by atoms with E-state index in [4.69, 9.17) is 0 Å². The molecule has 2 aliphatic rings. The highest BCUT2D eigenvalue weighted by molar-refractivity contribution is 5.81. The summed E-state index contributed by atoms with van der Waals surface area (Å²) in [6.07, 6.45) is 9.54. The maximum atomic E-state index is 12.1. The molecule has 0 bridgehead atoms. The van der Waals surface area contributed by atoms with Crippen molar-refractivity contribution in [1.29, 1.82) is 0 Å². The van der Waals surface area contributed by atoms with Gasteiger partial charge in [0.05, 0.1) is 5.54 Å². The Morgan fingerprint density at radius 1 is 1.13 bits per heavy atom. The molecule has 4 rings (SSSR count). The van der Waals surface area contributed by atoms with Gasteiger partial charge >= 0.3 is 0 Å². The average Bonchev–Trinajstić information content (AvgIpc) is 2.93. The van der Waals surface area contributed by atoms with Crippen LogP contribution < -0.4 is 10.2 Å². The van der Waals surface area contributed by atoms with E-state index in [0.29, 0.717) is 6.42 Å². The number of piperidine rings is 1. The number of amides is 1. The molecular formula is C17H19N5O. The van der Waals surface area contributed by atoms with E-state index in [1.807, 2.05) is 18.3 Å². The molecule has 2 fully saturated rings. The van der Waals surface area contributed by atoms with Crippen LogP contribution in [0.25, 0.3) is 0 Å². The molecule has 0 aromatic carbocycles. The van der Waals surface area contributed by atoms with E-state index in [2.05, 4.69) is 31.2 Å². The first kappa shape index (κ1) is 14.1. The molecule has 4 heterocycles. The van der Waals surface area contributed by atoms with E-state index in [9.17, 15) is 4.79 Å². The van der Waals surface area contributed by atoms with Gasteiger partial charge in [-0.3, -0.25) is 9.78 Å². The molecule has 23 heavy (non-hydrogen) atoms. The minimum atomic E-state index is -0.161. The highest BCUT2D eigenvalue weighted by Crippen LogP contribution is 2.43. The van der Waals surface area contributed by atoms with Crippen molar-refractivity contribution in [3.05, 3.63) is 48.5 Å². The summed E-state index contributed by atoms with van der Waals surface area (Å²) >= 11 is 0. The van der Waals surface area contributed by atoms with Crippen LogP contribution in [0.1, 0.15) is 30.7 Å². The number of nitrogens with zero attached hydrogens (tertiary/aromatic N) is 4. The largest absolute Gasteiger partial charge is 0.350 e. The zero-order chi connectivity index (χ0) is 15.7. The molecule has 0 aliphatic carbocycles. The van der Waals surface area contributed by atoms with Crippen molar-refractivity contribution in [2.45, 2.75) is 30.7 Å². The summed E-state index contributed by atoms with van der Waals surface area (Å²) in [5, 5.41) is 3.26. The average molecular weight is 309 g/mol.